The van der Waals surface area contributed by atoms with Crippen molar-refractivity contribution in [1.29, 1.82) is 0 Å². The normalized spacial score (nSPS) is 17.7. The summed E-state index contributed by atoms with van der Waals surface area (Å²) in [5.74, 6) is 0.815. The summed E-state index contributed by atoms with van der Waals surface area (Å²) in [7, 11) is 1.66. The molecule has 0 aliphatic carbocycles. The van der Waals surface area contributed by atoms with Crippen molar-refractivity contribution in [2.75, 3.05) is 26.7 Å². The van der Waals surface area contributed by atoms with Gasteiger partial charge in [-0.25, -0.2) is 0 Å². The van der Waals surface area contributed by atoms with Crippen LogP contribution in [0.3, 0.4) is 0 Å². The van der Waals surface area contributed by atoms with Crippen molar-refractivity contribution in [2.24, 2.45) is 0 Å². The average Bonchev–Trinajstić information content (AvgIpc) is 2.72. The Labute approximate surface area is 167 Å². The molecule has 1 N–H and O–H groups in total. The van der Waals surface area contributed by atoms with Crippen molar-refractivity contribution < 1.29 is 14.3 Å². The number of halogens is 1. The zero-order valence-corrected chi connectivity index (χ0v) is 16.6. The van der Waals surface area contributed by atoms with E-state index in [1.807, 2.05) is 66.4 Å². The van der Waals surface area contributed by atoms with Crippen molar-refractivity contribution >= 4 is 18.3 Å². The van der Waals surface area contributed by atoms with Gasteiger partial charge >= 0.3 is 0 Å². The van der Waals surface area contributed by atoms with Gasteiger partial charge in [0.1, 0.15) is 11.9 Å². The molecule has 1 amide bonds. The van der Waals surface area contributed by atoms with Gasteiger partial charge in [0.25, 0.3) is 5.91 Å². The zero-order chi connectivity index (χ0) is 18.4. The van der Waals surface area contributed by atoms with E-state index < -0.39 is 6.10 Å². The number of benzene rings is 2. The highest BCUT2D eigenvalue weighted by Crippen LogP contribution is 2.30. The van der Waals surface area contributed by atoms with Crippen LogP contribution in [0, 0.1) is 0 Å². The number of nitrogens with zero attached hydrogens (tertiary/aromatic N) is 1. The standard InChI is InChI=1S/C21H26N2O3.ClH/c1-16(26-15-17-8-4-3-5-9-17)21(24)23-13-12-22-14-19(23)18-10-6-7-11-20(18)25-2;/h3-11,16,19,22H,12-15H2,1-2H3;1H. The lowest BCUT2D eigenvalue weighted by atomic mass is 10.0. The number of hydrogen-bond donors (Lipinski definition) is 1. The van der Waals surface area contributed by atoms with Crippen LogP contribution in [0.4, 0.5) is 0 Å². The highest BCUT2D eigenvalue weighted by molar-refractivity contribution is 5.85. The van der Waals surface area contributed by atoms with Gasteiger partial charge in [-0.2, -0.15) is 0 Å². The van der Waals surface area contributed by atoms with Crippen LogP contribution < -0.4 is 10.1 Å². The lowest BCUT2D eigenvalue weighted by Gasteiger charge is -2.38. The second-order valence-corrected chi connectivity index (χ2v) is 6.43. The summed E-state index contributed by atoms with van der Waals surface area (Å²) in [4.78, 5) is 14.9. The fourth-order valence-corrected chi connectivity index (χ4v) is 3.29. The van der Waals surface area contributed by atoms with Crippen molar-refractivity contribution in [3.8, 4) is 5.75 Å². The molecule has 0 bridgehead atoms. The molecule has 1 heterocycles. The maximum absolute atomic E-state index is 13.0. The predicted molar refractivity (Wildman–Crippen MR) is 108 cm³/mol. The van der Waals surface area contributed by atoms with Gasteiger partial charge in [-0.15, -0.1) is 12.4 Å². The minimum atomic E-state index is -0.495. The maximum Gasteiger partial charge on any atom is 0.252 e. The van der Waals surface area contributed by atoms with E-state index in [1.165, 1.54) is 0 Å². The molecule has 0 spiro atoms. The Hall–Kier alpha value is -2.08. The fourth-order valence-electron chi connectivity index (χ4n) is 3.29. The molecule has 0 radical (unpaired) electrons. The van der Waals surface area contributed by atoms with E-state index in [0.717, 1.165) is 23.4 Å². The van der Waals surface area contributed by atoms with Crippen LogP contribution in [-0.4, -0.2) is 43.7 Å². The van der Waals surface area contributed by atoms with E-state index in [4.69, 9.17) is 9.47 Å². The molecule has 2 atom stereocenters. The summed E-state index contributed by atoms with van der Waals surface area (Å²) in [6.45, 7) is 4.40. The molecule has 1 aliphatic heterocycles. The minimum absolute atomic E-state index is 0. The van der Waals surface area contributed by atoms with E-state index in [9.17, 15) is 4.79 Å². The van der Waals surface area contributed by atoms with Crippen LogP contribution in [0.1, 0.15) is 24.1 Å². The second kappa shape index (κ2) is 10.3. The van der Waals surface area contributed by atoms with Gasteiger partial charge in [0.05, 0.1) is 19.8 Å². The Bertz CT molecular complexity index is 726. The summed E-state index contributed by atoms with van der Waals surface area (Å²) in [6, 6.07) is 17.7. The SMILES string of the molecule is COc1ccccc1C1CNCCN1C(=O)C(C)OCc1ccccc1.Cl. The molecule has 2 aromatic carbocycles. The molecule has 0 aromatic heterocycles. The number of para-hydroxylation sites is 1. The third-order valence-corrected chi connectivity index (χ3v) is 4.71. The van der Waals surface area contributed by atoms with E-state index in [2.05, 4.69) is 5.32 Å². The lowest BCUT2D eigenvalue weighted by Crippen LogP contribution is -2.51. The summed E-state index contributed by atoms with van der Waals surface area (Å²) < 4.78 is 11.3. The van der Waals surface area contributed by atoms with Crippen molar-refractivity contribution in [3.05, 3.63) is 65.7 Å². The molecule has 3 rings (SSSR count). The number of hydrogen-bond acceptors (Lipinski definition) is 4. The number of piperazine rings is 1. The first-order valence-corrected chi connectivity index (χ1v) is 9.00. The van der Waals surface area contributed by atoms with Gasteiger partial charge in [0.15, 0.2) is 0 Å². The molecule has 1 aliphatic rings. The van der Waals surface area contributed by atoms with Crippen LogP contribution >= 0.6 is 12.4 Å². The van der Waals surface area contributed by atoms with E-state index >= 15 is 0 Å². The minimum Gasteiger partial charge on any atom is -0.496 e. The van der Waals surface area contributed by atoms with Gasteiger partial charge in [0.2, 0.25) is 0 Å². The van der Waals surface area contributed by atoms with Crippen LogP contribution in [0.15, 0.2) is 54.6 Å². The molecule has 5 nitrogen and oxygen atoms in total. The number of methoxy groups -OCH3 is 1. The van der Waals surface area contributed by atoms with E-state index in [1.54, 1.807) is 7.11 Å². The molecule has 0 saturated carbocycles. The summed E-state index contributed by atoms with van der Waals surface area (Å²) in [5, 5.41) is 3.38. The van der Waals surface area contributed by atoms with E-state index in [0.29, 0.717) is 19.7 Å². The molecule has 1 fully saturated rings. The van der Waals surface area contributed by atoms with Crippen molar-refractivity contribution in [2.45, 2.75) is 25.7 Å². The monoisotopic (exact) mass is 390 g/mol. The largest absolute Gasteiger partial charge is 0.496 e. The molecule has 6 heteroatoms. The van der Waals surface area contributed by atoms with Gasteiger partial charge in [-0.3, -0.25) is 4.79 Å². The molecular weight excluding hydrogens is 364 g/mol. The fraction of sp³-hybridized carbons (Fsp3) is 0.381. The molecular formula is C21H27ClN2O3. The van der Waals surface area contributed by atoms with E-state index in [-0.39, 0.29) is 24.4 Å². The van der Waals surface area contributed by atoms with Gasteiger partial charge in [-0.05, 0) is 18.6 Å². The summed E-state index contributed by atoms with van der Waals surface area (Å²) in [5.41, 5.74) is 2.08. The summed E-state index contributed by atoms with van der Waals surface area (Å²) >= 11 is 0. The smallest absolute Gasteiger partial charge is 0.252 e. The zero-order valence-electron chi connectivity index (χ0n) is 15.8. The second-order valence-electron chi connectivity index (χ2n) is 6.43. The first-order valence-electron chi connectivity index (χ1n) is 9.00. The molecule has 1 saturated heterocycles. The van der Waals surface area contributed by atoms with Crippen LogP contribution in [0.25, 0.3) is 0 Å². The van der Waals surface area contributed by atoms with Crippen molar-refractivity contribution in [1.82, 2.24) is 10.2 Å². The maximum atomic E-state index is 13.0. The van der Waals surface area contributed by atoms with Gasteiger partial charge < -0.3 is 19.7 Å². The number of carbonyl (C=O) groups is 1. The van der Waals surface area contributed by atoms with Crippen LogP contribution in [0.5, 0.6) is 5.75 Å². The molecule has 2 unspecified atom stereocenters. The Morgan fingerprint density at radius 3 is 2.63 bits per heavy atom. The van der Waals surface area contributed by atoms with Crippen LogP contribution in [-0.2, 0) is 16.1 Å². The first-order chi connectivity index (χ1) is 12.7. The van der Waals surface area contributed by atoms with Gasteiger partial charge in [-0.1, -0.05) is 48.5 Å². The Kier molecular flexibility index (Phi) is 8.10. The topological polar surface area (TPSA) is 50.8 Å². The molecule has 146 valence electrons. The number of carbonyl (C=O) groups excluding carboxylic acids is 1. The lowest BCUT2D eigenvalue weighted by molar-refractivity contribution is -0.147. The number of ether oxygens (including phenoxy) is 2. The highest BCUT2D eigenvalue weighted by Gasteiger charge is 2.32. The van der Waals surface area contributed by atoms with Gasteiger partial charge in [0, 0.05) is 25.2 Å². The van der Waals surface area contributed by atoms with Crippen LogP contribution in [0.2, 0.25) is 0 Å². The molecule has 2 aromatic rings. The third kappa shape index (κ3) is 5.22. The number of nitrogens with one attached hydrogen (secondary N) is 1. The van der Waals surface area contributed by atoms with Crippen molar-refractivity contribution in [3.63, 3.8) is 0 Å². The molecule has 27 heavy (non-hydrogen) atoms. The third-order valence-electron chi connectivity index (χ3n) is 4.71. The predicted octanol–water partition coefficient (Wildman–Crippen LogP) is 3.20. The average molecular weight is 391 g/mol. The Balaban J connectivity index is 0.00000261. The Morgan fingerprint density at radius 1 is 1.19 bits per heavy atom. The Morgan fingerprint density at radius 2 is 1.89 bits per heavy atom. The summed E-state index contributed by atoms with van der Waals surface area (Å²) in [6.07, 6.45) is -0.495. The number of rotatable bonds is 6. The number of amides is 1. The highest BCUT2D eigenvalue weighted by atomic mass is 35.5. The first kappa shape index (κ1) is 21.2. The quantitative estimate of drug-likeness (QED) is 0.823.